The van der Waals surface area contributed by atoms with Crippen molar-refractivity contribution in [1.29, 1.82) is 1.28 Å². The van der Waals surface area contributed by atoms with E-state index in [-0.39, 0.29) is 58.0 Å². The van der Waals surface area contributed by atoms with Crippen molar-refractivity contribution in [2.24, 2.45) is 22.1 Å². The number of benzene rings is 4. The number of carboxylic acids is 1. The van der Waals surface area contributed by atoms with Gasteiger partial charge >= 0.3 is 32.0 Å². The van der Waals surface area contributed by atoms with Gasteiger partial charge in [0, 0.05) is 79.7 Å². The number of amides is 2. The molecule has 687 valence electrons. The molecule has 7 aliphatic rings. The van der Waals surface area contributed by atoms with Gasteiger partial charge in [-0.3, -0.25) is 24.6 Å². The van der Waals surface area contributed by atoms with E-state index < -0.39 is 49.2 Å². The third kappa shape index (κ3) is 29.5. The number of thiol groups is 1. The average molecular weight is 1980 g/mol. The summed E-state index contributed by atoms with van der Waals surface area (Å²) in [6, 6.07) is 24.2. The topological polar surface area (TPSA) is 377 Å². The zero-order chi connectivity index (χ0) is 91.2. The molecule has 14 heterocycles. The number of aryl methyl sites for hydroxylation is 7. The number of ether oxygens (including phenoxy) is 4. The van der Waals surface area contributed by atoms with Crippen LogP contribution in [0.1, 0.15) is 175 Å². The van der Waals surface area contributed by atoms with Crippen molar-refractivity contribution in [3.05, 3.63) is 166 Å². The van der Waals surface area contributed by atoms with E-state index in [1.54, 1.807) is 12.4 Å². The number of nitrogens with zero attached hydrogens (tertiary/aromatic N) is 15. The molecule has 21 rings (SSSR count). The van der Waals surface area contributed by atoms with Crippen LogP contribution in [0.2, 0.25) is 0 Å². The molecule has 4 aliphatic heterocycles. The summed E-state index contributed by atoms with van der Waals surface area (Å²) in [6.45, 7) is 16.7. The van der Waals surface area contributed by atoms with E-state index in [1.165, 1.54) is 98.8 Å². The predicted octanol–water partition coefficient (Wildman–Crippen LogP) is 21.8. The Morgan fingerprint density at radius 3 is 1.30 bits per heavy atom. The van der Waals surface area contributed by atoms with E-state index in [2.05, 4.69) is 161 Å². The summed E-state index contributed by atoms with van der Waals surface area (Å²) in [4.78, 5) is 50.7. The number of aromatic nitrogens is 16. The molecule has 14 aromatic rings. The van der Waals surface area contributed by atoms with Crippen LogP contribution in [0.3, 0.4) is 0 Å². The van der Waals surface area contributed by atoms with Gasteiger partial charge in [-0.25, -0.2) is 51.8 Å². The first-order valence-electron chi connectivity index (χ1n) is 41.9. The Kier molecular flexibility index (Phi) is 38.6. The van der Waals surface area contributed by atoms with E-state index in [0.29, 0.717) is 33.4 Å². The SMILES string of the molecule is C.C.Cc1ccc2nc(N)sc2c1.Cc1cn(C2CCCCO2)nc1-c1ccc2nc(N)sc2c1.Cc1cn(C2CCCCO2)nc1-c1ccc2nc(NC(=O)[C@@H]3C[C@@H]3F)sc2c1.Cc1cn(C2CCCCO2)nc1Br.Cc1cn[nH]c1.Cc1cn[nH]c1-c1ccc2nc(NC(=O)[C@@H]3C[C@@H]3F)sc2c1.Cc1cnn(C2CCCCO2)c1.O=C(O)[C@@H]1C[C@@H]1F.[3H][P+](P)=S.[B]=NS. The normalized spacial score (nSPS) is 20.4. The minimum absolute atomic E-state index is 0. The second-order valence-corrected chi connectivity index (χ2v) is 39.0. The van der Waals surface area contributed by atoms with Crippen LogP contribution in [-0.4, -0.2) is 156 Å². The Labute approximate surface area is 788 Å². The minimum atomic E-state index is -1.06. The Morgan fingerprint density at radius 1 is 0.558 bits per heavy atom. The number of thiazole rings is 4. The quantitative estimate of drug-likeness (QED) is 0.0320. The molecule has 42 heteroatoms. The van der Waals surface area contributed by atoms with Crippen molar-refractivity contribution in [3.8, 4) is 33.8 Å². The van der Waals surface area contributed by atoms with Gasteiger partial charge in [0.1, 0.15) is 48.0 Å². The number of halogens is 4. The number of aliphatic carboxylic acids is 1. The van der Waals surface area contributed by atoms with E-state index in [1.807, 2.05) is 139 Å². The number of carbonyl (C=O) groups excluding carboxylic acids is 2. The fourth-order valence-electron chi connectivity index (χ4n) is 13.8. The monoisotopic (exact) mass is 1980 g/mol. The molecular formula is C87H110BBrF3N21O8P2S6+. The van der Waals surface area contributed by atoms with Crippen molar-refractivity contribution in [2.45, 2.75) is 203 Å². The van der Waals surface area contributed by atoms with E-state index in [0.717, 1.165) is 168 Å². The third-order valence-corrected chi connectivity index (χ3v) is 25.2. The molecule has 3 saturated carbocycles. The standard InChI is InChI=1S/C20H21FN4O2S.C16H18N4OS.C15H13FN4OS.C9H13BrN2O.C9H14N2O.C8H8N2S.C4H5FO2.C4H6N2.2CH4.BHNS.H2P2S/c1-11-10-25(17-4-2-3-7-27-17)24-18(11)12-5-6-15-16(8-12)28-20(22-15)23-19(26)13-9-14(13)21;1-10-9-20(14-4-2-3-7-21-14)19-15(10)11-5-6-12-13(8-11)22-16(17)18-12;1-7-6-17-20-13(7)8-2-3-11-12(4-8)22-15(18-11)19-14(21)9-5-10(9)16;1-7-6-12(11-9(7)10)8-4-2-3-5-13-8;1-8-6-10-11(7-8)9-4-2-3-5-12-9;1-5-2-3-6-7(4-5)11-8(9)10-6;5-3-1-2(3)4(6)7;1-4-2-5-6-3-4;;;2*1-2-3/h5-6,8,10,13-14,17H,2-4,7,9H2,1H3,(H,22,23,26);5-6,8-9,14H,2-4,7H2,1H3,(H2,17,18);2-4,6,9-10H,5H2,1H3,(H,17,20)(H,18,19,21);6,8H,2-5H2,1H3;6-7,9H,2-5H2,1H3;2-4H,1H3,(H2,9,10);2-3H,1H2,(H,6,7);2-3H,1H3,(H,5,6);2*1H4;3H;1H2/p+1/t13-,14+,17?;;9-,10+;;;;2-,3+;;;;;/m1.1...1...../s1/i/hT. The Bertz CT molecular complexity index is 6010. The molecule has 3 aliphatic carbocycles. The van der Waals surface area contributed by atoms with Gasteiger partial charge in [-0.05, 0) is 243 Å². The van der Waals surface area contributed by atoms with Crippen LogP contribution >= 0.6 is 90.0 Å². The number of nitrogens with two attached hydrogens (primary N) is 2. The molecule has 2 amide bonds. The van der Waals surface area contributed by atoms with Crippen LogP contribution in [0, 0.1) is 66.2 Å². The van der Waals surface area contributed by atoms with Gasteiger partial charge in [0.2, 0.25) is 11.8 Å². The molecule has 129 heavy (non-hydrogen) atoms. The van der Waals surface area contributed by atoms with Gasteiger partial charge in [-0.1, -0.05) is 84.5 Å². The van der Waals surface area contributed by atoms with Crippen LogP contribution < -0.4 is 22.1 Å². The molecule has 29 nitrogen and oxygen atoms in total. The molecular weight excluding hydrogens is 1870 g/mol. The number of hydrogen-bond donors (Lipinski definition) is 8. The number of anilines is 4. The van der Waals surface area contributed by atoms with Crippen molar-refractivity contribution in [1.82, 2.24) is 79.5 Å². The third-order valence-electron chi connectivity index (χ3n) is 20.8. The predicted molar refractivity (Wildman–Crippen MR) is 527 cm³/mol. The van der Waals surface area contributed by atoms with E-state index in [9.17, 15) is 27.6 Å². The number of nitrogens with one attached hydrogen (secondary N) is 4. The number of carbonyl (C=O) groups is 3. The van der Waals surface area contributed by atoms with Crippen LogP contribution in [-0.2, 0) is 45.1 Å². The van der Waals surface area contributed by atoms with Gasteiger partial charge in [0.05, 0.1) is 103 Å². The molecule has 6 unspecified atom stereocenters. The Balaban J connectivity index is 0.000000158. The fraction of sp³-hybridized carbons (Fsp3) is 0.437. The summed E-state index contributed by atoms with van der Waals surface area (Å²) in [5, 5.41) is 47.2. The number of rotatable bonds is 12. The molecule has 0 spiro atoms. The summed E-state index contributed by atoms with van der Waals surface area (Å²) in [5.41, 5.74) is 29.0. The van der Waals surface area contributed by atoms with Gasteiger partial charge in [-0.15, -0.1) is 0 Å². The average Bonchev–Trinajstić information content (AvgIpc) is 1.63. The molecule has 4 saturated heterocycles. The zero-order valence-electron chi connectivity index (χ0n) is 72.0. The van der Waals surface area contributed by atoms with Crippen molar-refractivity contribution >= 4 is 189 Å². The molecule has 10 aromatic heterocycles. The Morgan fingerprint density at radius 2 is 0.953 bits per heavy atom. The number of H-pyrrole nitrogens is 2. The number of nitrogen functional groups attached to an aromatic ring is 2. The number of alkyl halides is 3. The van der Waals surface area contributed by atoms with Crippen LogP contribution in [0.4, 0.5) is 33.7 Å². The van der Waals surface area contributed by atoms with Gasteiger partial charge < -0.3 is 46.2 Å². The maximum atomic E-state index is 13.1. The molecule has 1 radical (unpaired) electrons. The van der Waals surface area contributed by atoms with E-state index >= 15 is 0 Å². The first-order valence-corrected chi connectivity index (χ1v) is 49.4. The summed E-state index contributed by atoms with van der Waals surface area (Å²) in [6.07, 6.45) is 27.3. The van der Waals surface area contributed by atoms with Gasteiger partial charge in [-0.2, -0.15) is 30.6 Å². The Hall–Kier alpha value is -9.02. The van der Waals surface area contributed by atoms with E-state index in [4.69, 9.17) is 47.0 Å². The number of hydrogen-bond acceptors (Lipinski definition) is 26. The van der Waals surface area contributed by atoms with Crippen molar-refractivity contribution in [2.75, 3.05) is 48.5 Å². The molecule has 9 N–H and O–H groups in total. The fourth-order valence-corrected chi connectivity index (χ4v) is 17.5. The number of fused-ring (bicyclic) bond motifs is 4. The number of aromatic amines is 2. The van der Waals surface area contributed by atoms with Crippen molar-refractivity contribution < 1.29 is 51.6 Å². The first kappa shape index (κ1) is 101. The molecule has 7 fully saturated rings. The molecule has 0 bridgehead atoms. The summed E-state index contributed by atoms with van der Waals surface area (Å²) < 4.78 is 82.4. The number of carboxylic acid groups (broad SMARTS) is 1. The van der Waals surface area contributed by atoms with Crippen LogP contribution in [0.5, 0.6) is 0 Å². The zero-order valence-corrected chi connectivity index (χ0v) is 79.6. The van der Waals surface area contributed by atoms with Crippen LogP contribution in [0.25, 0.3) is 74.6 Å². The summed E-state index contributed by atoms with van der Waals surface area (Å²) in [5.74, 6) is -3.27. The maximum absolute atomic E-state index is 13.1. The summed E-state index contributed by atoms with van der Waals surface area (Å²) in [7, 11) is 6.54. The molecule has 12 atom stereocenters. The molecule has 4 aromatic carbocycles. The first-order chi connectivity index (χ1) is 61.5. The van der Waals surface area contributed by atoms with Crippen LogP contribution in [0.15, 0.2) is 131 Å². The summed E-state index contributed by atoms with van der Waals surface area (Å²) >= 11 is 16.7. The second kappa shape index (κ2) is 49.5. The second-order valence-electron chi connectivity index (χ2n) is 31.1. The van der Waals surface area contributed by atoms with Crippen molar-refractivity contribution in [3.63, 3.8) is 0 Å². The van der Waals surface area contributed by atoms with Gasteiger partial charge in [0.25, 0.3) is 0 Å². The van der Waals surface area contributed by atoms with Gasteiger partial charge in [0.15, 0.2) is 39.3 Å².